The quantitative estimate of drug-likeness (QED) is 0.585. The number of aryl methyl sites for hydroxylation is 2. The predicted molar refractivity (Wildman–Crippen MR) is 87.4 cm³/mol. The molecule has 0 amide bonds. The van der Waals surface area contributed by atoms with Crippen molar-refractivity contribution < 1.29 is 4.42 Å². The number of nitrogens with two attached hydrogens (primary N) is 1. The summed E-state index contributed by atoms with van der Waals surface area (Å²) < 4.78 is 5.81. The number of rotatable bonds is 4. The highest BCUT2D eigenvalue weighted by Gasteiger charge is 2.10. The second-order valence-electron chi connectivity index (χ2n) is 4.94. The number of hydrogen-bond donors (Lipinski definition) is 1. The molecule has 2 aromatic heterocycles. The molecule has 22 heavy (non-hydrogen) atoms. The molecule has 0 atom stereocenters. The van der Waals surface area contributed by atoms with E-state index in [9.17, 15) is 0 Å². The van der Waals surface area contributed by atoms with E-state index < -0.39 is 0 Å². The summed E-state index contributed by atoms with van der Waals surface area (Å²) >= 11 is 1.46. The van der Waals surface area contributed by atoms with Crippen molar-refractivity contribution >= 4 is 17.6 Å². The van der Waals surface area contributed by atoms with Crippen LogP contribution in [-0.2, 0) is 5.75 Å². The lowest BCUT2D eigenvalue weighted by Gasteiger charge is -2.01. The van der Waals surface area contributed by atoms with E-state index in [0.29, 0.717) is 22.6 Å². The van der Waals surface area contributed by atoms with Gasteiger partial charge in [0.05, 0.1) is 11.9 Å². The Bertz CT molecular complexity index is 780. The van der Waals surface area contributed by atoms with Gasteiger partial charge in [0.15, 0.2) is 10.9 Å². The molecule has 0 aliphatic carbocycles. The Morgan fingerprint density at radius 1 is 1.18 bits per heavy atom. The topological polar surface area (TPSA) is 77.8 Å². The summed E-state index contributed by atoms with van der Waals surface area (Å²) in [6, 6.07) is 9.81. The van der Waals surface area contributed by atoms with Gasteiger partial charge >= 0.3 is 0 Å². The van der Waals surface area contributed by atoms with Crippen molar-refractivity contribution in [3.05, 3.63) is 53.7 Å². The standard InChI is InChI=1S/C16H16N4OS/c1-10-5-3-4-6-12(10)13-8-18-15(21-13)9-22-16-19-11(2)7-14(17)20-16/h3-8H,9H2,1-2H3,(H2,17,19,20). The maximum atomic E-state index is 5.81. The molecule has 0 fully saturated rings. The number of nitrogen functional groups attached to an aromatic ring is 1. The molecule has 0 bridgehead atoms. The van der Waals surface area contributed by atoms with Gasteiger partial charge in [0, 0.05) is 17.3 Å². The van der Waals surface area contributed by atoms with Gasteiger partial charge in [-0.3, -0.25) is 0 Å². The van der Waals surface area contributed by atoms with Gasteiger partial charge in [0.2, 0.25) is 5.89 Å². The first-order valence-corrected chi connectivity index (χ1v) is 7.85. The summed E-state index contributed by atoms with van der Waals surface area (Å²) in [6.07, 6.45) is 1.75. The van der Waals surface area contributed by atoms with E-state index in [2.05, 4.69) is 27.9 Å². The third-order valence-corrected chi connectivity index (χ3v) is 3.97. The molecule has 0 saturated heterocycles. The first-order chi connectivity index (χ1) is 10.6. The average molecular weight is 312 g/mol. The molecule has 3 rings (SSSR count). The Morgan fingerprint density at radius 3 is 2.77 bits per heavy atom. The van der Waals surface area contributed by atoms with Gasteiger partial charge in [0.1, 0.15) is 5.82 Å². The van der Waals surface area contributed by atoms with Gasteiger partial charge in [0.25, 0.3) is 0 Å². The van der Waals surface area contributed by atoms with Crippen LogP contribution in [0.15, 0.2) is 46.1 Å². The fourth-order valence-electron chi connectivity index (χ4n) is 2.11. The fourth-order valence-corrected chi connectivity index (χ4v) is 2.87. The van der Waals surface area contributed by atoms with E-state index in [-0.39, 0.29) is 0 Å². The van der Waals surface area contributed by atoms with E-state index in [1.165, 1.54) is 11.8 Å². The van der Waals surface area contributed by atoms with E-state index in [0.717, 1.165) is 22.6 Å². The van der Waals surface area contributed by atoms with Crippen molar-refractivity contribution in [1.82, 2.24) is 15.0 Å². The summed E-state index contributed by atoms with van der Waals surface area (Å²) in [5.41, 5.74) is 8.79. The van der Waals surface area contributed by atoms with Gasteiger partial charge in [-0.05, 0) is 19.4 Å². The molecular weight excluding hydrogens is 296 g/mol. The van der Waals surface area contributed by atoms with Crippen LogP contribution in [0.25, 0.3) is 11.3 Å². The second kappa shape index (κ2) is 6.19. The van der Waals surface area contributed by atoms with Gasteiger partial charge in [-0.2, -0.15) is 0 Å². The van der Waals surface area contributed by atoms with Crippen LogP contribution in [0.3, 0.4) is 0 Å². The van der Waals surface area contributed by atoms with E-state index in [1.807, 2.05) is 25.1 Å². The van der Waals surface area contributed by atoms with Crippen LogP contribution in [0.2, 0.25) is 0 Å². The van der Waals surface area contributed by atoms with Crippen molar-refractivity contribution in [1.29, 1.82) is 0 Å². The Hall–Kier alpha value is -2.34. The number of hydrogen-bond acceptors (Lipinski definition) is 6. The fraction of sp³-hybridized carbons (Fsp3) is 0.188. The van der Waals surface area contributed by atoms with Crippen LogP contribution in [0.5, 0.6) is 0 Å². The monoisotopic (exact) mass is 312 g/mol. The number of aromatic nitrogens is 3. The number of benzene rings is 1. The smallest absolute Gasteiger partial charge is 0.205 e. The minimum atomic E-state index is 0.475. The molecule has 2 N–H and O–H groups in total. The third kappa shape index (κ3) is 3.28. The van der Waals surface area contributed by atoms with Gasteiger partial charge in [-0.25, -0.2) is 15.0 Å². The minimum Gasteiger partial charge on any atom is -0.440 e. The van der Waals surface area contributed by atoms with E-state index >= 15 is 0 Å². The Kier molecular flexibility index (Phi) is 4.11. The molecule has 6 heteroatoms. The highest BCUT2D eigenvalue weighted by molar-refractivity contribution is 7.98. The van der Waals surface area contributed by atoms with E-state index in [1.54, 1.807) is 12.3 Å². The molecule has 0 spiro atoms. The summed E-state index contributed by atoms with van der Waals surface area (Å²) in [5, 5.41) is 0.633. The molecule has 112 valence electrons. The van der Waals surface area contributed by atoms with Crippen LogP contribution in [-0.4, -0.2) is 15.0 Å². The maximum absolute atomic E-state index is 5.81. The molecule has 0 unspecified atom stereocenters. The van der Waals surface area contributed by atoms with Gasteiger partial charge in [-0.15, -0.1) is 0 Å². The lowest BCUT2D eigenvalue weighted by atomic mass is 10.1. The van der Waals surface area contributed by atoms with Crippen molar-refractivity contribution in [2.75, 3.05) is 5.73 Å². The molecule has 0 radical (unpaired) electrons. The highest BCUT2D eigenvalue weighted by Crippen LogP contribution is 2.26. The lowest BCUT2D eigenvalue weighted by Crippen LogP contribution is -1.96. The molecular formula is C16H16N4OS. The zero-order valence-electron chi connectivity index (χ0n) is 12.4. The van der Waals surface area contributed by atoms with Crippen molar-refractivity contribution in [2.45, 2.75) is 24.8 Å². The van der Waals surface area contributed by atoms with E-state index in [4.69, 9.17) is 10.2 Å². The molecule has 0 aliphatic heterocycles. The molecule has 0 saturated carbocycles. The van der Waals surface area contributed by atoms with Crippen LogP contribution in [0, 0.1) is 13.8 Å². The van der Waals surface area contributed by atoms with Crippen LogP contribution < -0.4 is 5.73 Å². The minimum absolute atomic E-state index is 0.475. The summed E-state index contributed by atoms with van der Waals surface area (Å²) in [4.78, 5) is 12.8. The van der Waals surface area contributed by atoms with Crippen molar-refractivity contribution in [2.24, 2.45) is 0 Å². The highest BCUT2D eigenvalue weighted by atomic mass is 32.2. The molecule has 1 aromatic carbocycles. The summed E-state index contributed by atoms with van der Waals surface area (Å²) in [6.45, 7) is 3.94. The predicted octanol–water partition coefficient (Wildman–Crippen LogP) is 3.62. The van der Waals surface area contributed by atoms with Gasteiger partial charge < -0.3 is 10.2 Å². The zero-order valence-corrected chi connectivity index (χ0v) is 13.2. The van der Waals surface area contributed by atoms with Crippen molar-refractivity contribution in [3.63, 3.8) is 0 Å². The zero-order chi connectivity index (χ0) is 15.5. The average Bonchev–Trinajstić information content (AvgIpc) is 2.93. The first kappa shape index (κ1) is 14.6. The Morgan fingerprint density at radius 2 is 2.00 bits per heavy atom. The van der Waals surface area contributed by atoms with Crippen LogP contribution in [0.1, 0.15) is 17.1 Å². The van der Waals surface area contributed by atoms with Crippen molar-refractivity contribution in [3.8, 4) is 11.3 Å². The number of oxazole rings is 1. The van der Waals surface area contributed by atoms with Crippen LogP contribution in [0.4, 0.5) is 5.82 Å². The first-order valence-electron chi connectivity index (χ1n) is 6.86. The number of nitrogens with zero attached hydrogens (tertiary/aromatic N) is 3. The Balaban J connectivity index is 1.73. The number of anilines is 1. The number of thioether (sulfide) groups is 1. The largest absolute Gasteiger partial charge is 0.440 e. The molecule has 5 nitrogen and oxygen atoms in total. The van der Waals surface area contributed by atoms with Gasteiger partial charge in [-0.1, -0.05) is 36.0 Å². The second-order valence-corrected chi connectivity index (χ2v) is 5.88. The SMILES string of the molecule is Cc1cc(N)nc(SCc2ncc(-c3ccccc3C)o2)n1. The maximum Gasteiger partial charge on any atom is 0.205 e. The molecule has 2 heterocycles. The molecule has 3 aromatic rings. The molecule has 0 aliphatic rings. The Labute approximate surface area is 133 Å². The lowest BCUT2D eigenvalue weighted by molar-refractivity contribution is 0.529. The summed E-state index contributed by atoms with van der Waals surface area (Å²) in [5.74, 6) is 2.46. The normalized spacial score (nSPS) is 10.8. The summed E-state index contributed by atoms with van der Waals surface area (Å²) in [7, 11) is 0. The van der Waals surface area contributed by atoms with Crippen LogP contribution >= 0.6 is 11.8 Å². The third-order valence-electron chi connectivity index (χ3n) is 3.14.